The quantitative estimate of drug-likeness (QED) is 0.364. The molecule has 0 bridgehead atoms. The van der Waals surface area contributed by atoms with E-state index in [1.807, 2.05) is 13.8 Å². The molecule has 0 aliphatic rings. The van der Waals surface area contributed by atoms with Crippen LogP contribution in [-0.2, 0) is 0 Å². The molecular formula is C12H17N3O2. The average Bonchev–Trinajstić information content (AvgIpc) is 2.30. The van der Waals surface area contributed by atoms with Gasteiger partial charge >= 0.3 is 0 Å². The molecule has 0 spiro atoms. The highest BCUT2D eigenvalue weighted by Gasteiger charge is 2.15. The smallest absolute Gasteiger partial charge is 0.278 e. The van der Waals surface area contributed by atoms with Gasteiger partial charge in [0.1, 0.15) is 0 Å². The van der Waals surface area contributed by atoms with E-state index in [1.165, 1.54) is 18.2 Å². The van der Waals surface area contributed by atoms with Gasteiger partial charge in [0.15, 0.2) is 0 Å². The van der Waals surface area contributed by atoms with Gasteiger partial charge in [-0.3, -0.25) is 10.1 Å². The van der Waals surface area contributed by atoms with E-state index < -0.39 is 4.92 Å². The van der Waals surface area contributed by atoms with Crippen molar-refractivity contribution in [1.82, 2.24) is 0 Å². The molecule has 0 amide bonds. The number of hydrogen-bond donors (Lipinski definition) is 2. The molecule has 0 aromatic heterocycles. The van der Waals surface area contributed by atoms with Crippen LogP contribution in [0.1, 0.15) is 31.9 Å². The zero-order chi connectivity index (χ0) is 13.6. The molecule has 0 heterocycles. The number of hydrogen-bond acceptors (Lipinski definition) is 4. The molecular weight excluding hydrogens is 218 g/mol. The van der Waals surface area contributed by atoms with E-state index in [1.54, 1.807) is 6.92 Å². The fourth-order valence-electron chi connectivity index (χ4n) is 1.27. The lowest BCUT2D eigenvalue weighted by Gasteiger charge is -2.05. The molecule has 1 aromatic rings. The van der Waals surface area contributed by atoms with Crippen molar-refractivity contribution in [2.24, 2.45) is 0 Å². The van der Waals surface area contributed by atoms with Crippen LogP contribution >= 0.6 is 0 Å². The lowest BCUT2D eigenvalue weighted by atomic mass is 10.0. The third kappa shape index (κ3) is 3.41. The molecule has 0 saturated carbocycles. The lowest BCUT2D eigenvalue weighted by Crippen LogP contribution is -2.02. The Morgan fingerprint density at radius 3 is 2.41 bits per heavy atom. The maximum Gasteiger partial charge on any atom is 0.278 e. The maximum atomic E-state index is 10.7. The van der Waals surface area contributed by atoms with E-state index in [-0.39, 0.29) is 17.1 Å². The monoisotopic (exact) mass is 235 g/mol. The standard InChI is InChI=1S/C10H11N3O2.C2H6/c1-3-7-4-8(6(2)11)9(12)5-10(7)13(14)15;1-2/h3-5,11H,1,12H2,2H3;1-2H3. The largest absolute Gasteiger partial charge is 0.398 e. The van der Waals surface area contributed by atoms with E-state index >= 15 is 0 Å². The van der Waals surface area contributed by atoms with E-state index in [9.17, 15) is 10.1 Å². The van der Waals surface area contributed by atoms with Gasteiger partial charge in [0.05, 0.1) is 10.5 Å². The minimum absolute atomic E-state index is 0.0903. The molecule has 5 nitrogen and oxygen atoms in total. The predicted molar refractivity (Wildman–Crippen MR) is 71.5 cm³/mol. The molecule has 0 radical (unpaired) electrons. The Labute approximate surface area is 101 Å². The lowest BCUT2D eigenvalue weighted by molar-refractivity contribution is -0.385. The molecule has 0 aliphatic heterocycles. The van der Waals surface area contributed by atoms with Crippen molar-refractivity contribution >= 4 is 23.2 Å². The summed E-state index contributed by atoms with van der Waals surface area (Å²) < 4.78 is 0. The van der Waals surface area contributed by atoms with Crippen molar-refractivity contribution in [2.75, 3.05) is 5.73 Å². The molecule has 0 unspecified atom stereocenters. The number of benzene rings is 1. The highest BCUT2D eigenvalue weighted by atomic mass is 16.6. The van der Waals surface area contributed by atoms with Gasteiger partial charge in [-0.15, -0.1) is 0 Å². The Kier molecular flexibility index (Phi) is 5.60. The summed E-state index contributed by atoms with van der Waals surface area (Å²) in [5.74, 6) is 0. The summed E-state index contributed by atoms with van der Waals surface area (Å²) in [6.07, 6.45) is 1.38. The van der Waals surface area contributed by atoms with Crippen LogP contribution in [0, 0.1) is 15.5 Å². The first-order chi connectivity index (χ1) is 7.97. The highest BCUT2D eigenvalue weighted by molar-refractivity contribution is 6.02. The molecule has 0 saturated heterocycles. The normalized spacial score (nSPS) is 8.88. The van der Waals surface area contributed by atoms with Gasteiger partial charge < -0.3 is 11.1 Å². The Morgan fingerprint density at radius 1 is 1.53 bits per heavy atom. The van der Waals surface area contributed by atoms with E-state index in [0.717, 1.165) is 0 Å². The van der Waals surface area contributed by atoms with Crippen LogP contribution in [0.25, 0.3) is 6.08 Å². The van der Waals surface area contributed by atoms with Crippen LogP contribution in [0.5, 0.6) is 0 Å². The van der Waals surface area contributed by atoms with Crippen molar-refractivity contribution in [3.05, 3.63) is 40.0 Å². The number of nitrogens with one attached hydrogen (secondary N) is 1. The fourth-order valence-corrected chi connectivity index (χ4v) is 1.27. The molecule has 0 fully saturated rings. The molecule has 0 aliphatic carbocycles. The van der Waals surface area contributed by atoms with Gasteiger partial charge in [0.2, 0.25) is 0 Å². The summed E-state index contributed by atoms with van der Waals surface area (Å²) in [6.45, 7) is 9.06. The number of nitro benzene ring substituents is 1. The Bertz CT molecular complexity index is 453. The van der Waals surface area contributed by atoms with Gasteiger partial charge in [-0.05, 0) is 13.0 Å². The number of anilines is 1. The Morgan fingerprint density at radius 2 is 2.06 bits per heavy atom. The fraction of sp³-hybridized carbons (Fsp3) is 0.250. The number of nitro groups is 1. The summed E-state index contributed by atoms with van der Waals surface area (Å²) in [7, 11) is 0. The molecule has 92 valence electrons. The number of nitrogens with zero attached hydrogens (tertiary/aromatic N) is 1. The SMILES string of the molecule is C=Cc1cc(C(C)=N)c(N)cc1[N+](=O)[O-].CC. The maximum absolute atomic E-state index is 10.7. The first kappa shape index (κ1) is 14.8. The van der Waals surface area contributed by atoms with Crippen molar-refractivity contribution in [1.29, 1.82) is 5.41 Å². The van der Waals surface area contributed by atoms with Gasteiger partial charge in [-0.2, -0.15) is 0 Å². The third-order valence-electron chi connectivity index (χ3n) is 2.02. The molecule has 1 rings (SSSR count). The molecule has 17 heavy (non-hydrogen) atoms. The van der Waals surface area contributed by atoms with Crippen LogP contribution in [0.4, 0.5) is 11.4 Å². The zero-order valence-corrected chi connectivity index (χ0v) is 10.3. The Balaban J connectivity index is 0.00000121. The van der Waals surface area contributed by atoms with E-state index in [0.29, 0.717) is 11.1 Å². The second kappa shape index (κ2) is 6.42. The van der Waals surface area contributed by atoms with Crippen molar-refractivity contribution in [2.45, 2.75) is 20.8 Å². The van der Waals surface area contributed by atoms with Crippen LogP contribution in [0.2, 0.25) is 0 Å². The minimum Gasteiger partial charge on any atom is -0.398 e. The van der Waals surface area contributed by atoms with Crippen LogP contribution in [0.3, 0.4) is 0 Å². The minimum atomic E-state index is -0.517. The van der Waals surface area contributed by atoms with Gasteiger partial charge in [0.25, 0.3) is 5.69 Å². The third-order valence-corrected chi connectivity index (χ3v) is 2.02. The number of nitrogen functional groups attached to an aromatic ring is 1. The van der Waals surface area contributed by atoms with Crippen LogP contribution in [-0.4, -0.2) is 10.6 Å². The first-order valence-corrected chi connectivity index (χ1v) is 5.23. The summed E-state index contributed by atoms with van der Waals surface area (Å²) >= 11 is 0. The second-order valence-corrected chi connectivity index (χ2v) is 3.08. The number of nitrogens with two attached hydrogens (primary N) is 1. The van der Waals surface area contributed by atoms with Crippen LogP contribution < -0.4 is 5.73 Å². The van der Waals surface area contributed by atoms with Crippen molar-refractivity contribution < 1.29 is 4.92 Å². The van der Waals surface area contributed by atoms with Crippen molar-refractivity contribution in [3.63, 3.8) is 0 Å². The van der Waals surface area contributed by atoms with Gasteiger partial charge in [-0.1, -0.05) is 26.5 Å². The first-order valence-electron chi connectivity index (χ1n) is 5.23. The summed E-state index contributed by atoms with van der Waals surface area (Å²) in [5, 5.41) is 18.1. The molecule has 0 atom stereocenters. The highest BCUT2D eigenvalue weighted by Crippen LogP contribution is 2.26. The second-order valence-electron chi connectivity index (χ2n) is 3.08. The molecule has 1 aromatic carbocycles. The van der Waals surface area contributed by atoms with Crippen molar-refractivity contribution in [3.8, 4) is 0 Å². The number of rotatable bonds is 3. The average molecular weight is 235 g/mol. The summed E-state index contributed by atoms with van der Waals surface area (Å²) in [5.41, 5.74) is 6.89. The topological polar surface area (TPSA) is 93.0 Å². The van der Waals surface area contributed by atoms with Gasteiger partial charge in [-0.25, -0.2) is 0 Å². The summed E-state index contributed by atoms with van der Waals surface area (Å²) in [4.78, 5) is 10.1. The zero-order valence-electron chi connectivity index (χ0n) is 10.3. The van der Waals surface area contributed by atoms with Crippen LogP contribution in [0.15, 0.2) is 18.7 Å². The molecule has 5 heteroatoms. The van der Waals surface area contributed by atoms with E-state index in [4.69, 9.17) is 11.1 Å². The summed E-state index contributed by atoms with van der Waals surface area (Å²) in [6, 6.07) is 2.76. The van der Waals surface area contributed by atoms with Gasteiger partial charge in [0, 0.05) is 23.0 Å². The predicted octanol–water partition coefficient (Wildman–Crippen LogP) is 3.23. The Hall–Kier alpha value is -2.17. The molecule has 3 N–H and O–H groups in total. The van der Waals surface area contributed by atoms with E-state index in [2.05, 4.69) is 6.58 Å².